The average Bonchev–Trinajstić information content (AvgIpc) is 2.97. The van der Waals surface area contributed by atoms with Gasteiger partial charge in [-0.15, -0.1) is 0 Å². The Hall–Kier alpha value is -2.14. The lowest BCUT2D eigenvalue weighted by molar-refractivity contribution is 0.279. The largest absolute Gasteiger partial charge is 0.356 e. The standard InChI is InChI=1S/C17H21N5O2S/c1-22(17-15-2-3-19-16(15)20-10-21-17)13-4-12(5-13)9-25(23,24)14-6-11(7-14)8-18/h2-3,10-14H,4-7,9H2,1H3,(H,19,20,21)/t11-,12-,13+,14-. The normalized spacial score (nSPS) is 28.8. The Balaban J connectivity index is 1.36. The molecule has 25 heavy (non-hydrogen) atoms. The molecule has 7 nitrogen and oxygen atoms in total. The molecule has 0 amide bonds. The summed E-state index contributed by atoms with van der Waals surface area (Å²) in [6.45, 7) is 0. The zero-order chi connectivity index (χ0) is 17.6. The Labute approximate surface area is 147 Å². The van der Waals surface area contributed by atoms with Crippen LogP contribution in [0, 0.1) is 23.2 Å². The van der Waals surface area contributed by atoms with Crippen LogP contribution < -0.4 is 4.90 Å². The third-order valence-electron chi connectivity index (χ3n) is 5.68. The van der Waals surface area contributed by atoms with E-state index < -0.39 is 9.84 Å². The molecule has 2 aromatic rings. The number of hydrogen-bond acceptors (Lipinski definition) is 6. The van der Waals surface area contributed by atoms with Crippen molar-refractivity contribution in [3.63, 3.8) is 0 Å². The Bertz CT molecular complexity index is 920. The van der Waals surface area contributed by atoms with Crippen molar-refractivity contribution in [2.75, 3.05) is 17.7 Å². The highest BCUT2D eigenvalue weighted by Gasteiger charge is 2.42. The van der Waals surface area contributed by atoms with Crippen molar-refractivity contribution in [3.05, 3.63) is 18.6 Å². The second kappa shape index (κ2) is 5.99. The summed E-state index contributed by atoms with van der Waals surface area (Å²) in [5.74, 6) is 1.28. The number of hydrogen-bond donors (Lipinski definition) is 1. The monoisotopic (exact) mass is 359 g/mol. The van der Waals surface area contributed by atoms with Crippen LogP contribution in [0.5, 0.6) is 0 Å². The third kappa shape index (κ3) is 2.86. The van der Waals surface area contributed by atoms with Crippen molar-refractivity contribution >= 4 is 26.7 Å². The molecule has 0 atom stereocenters. The number of aromatic nitrogens is 3. The molecule has 0 radical (unpaired) electrons. The summed E-state index contributed by atoms with van der Waals surface area (Å²) >= 11 is 0. The summed E-state index contributed by atoms with van der Waals surface area (Å²) in [6.07, 6.45) is 6.15. The van der Waals surface area contributed by atoms with Crippen LogP contribution in [0.4, 0.5) is 5.82 Å². The van der Waals surface area contributed by atoms with E-state index in [2.05, 4.69) is 25.9 Å². The molecular formula is C17H21N5O2S. The lowest BCUT2D eigenvalue weighted by atomic mass is 9.80. The van der Waals surface area contributed by atoms with Crippen molar-refractivity contribution in [3.8, 4) is 6.07 Å². The highest BCUT2D eigenvalue weighted by Crippen LogP contribution is 2.39. The van der Waals surface area contributed by atoms with Gasteiger partial charge in [0.15, 0.2) is 9.84 Å². The van der Waals surface area contributed by atoms with E-state index in [0.29, 0.717) is 18.9 Å². The molecule has 132 valence electrons. The minimum Gasteiger partial charge on any atom is -0.356 e. The second-order valence-corrected chi connectivity index (χ2v) is 9.61. The van der Waals surface area contributed by atoms with E-state index in [4.69, 9.17) is 5.26 Å². The topological polar surface area (TPSA) is 103 Å². The van der Waals surface area contributed by atoms with Gasteiger partial charge in [0, 0.05) is 25.2 Å². The van der Waals surface area contributed by atoms with Gasteiger partial charge in [0.05, 0.1) is 22.5 Å². The summed E-state index contributed by atoms with van der Waals surface area (Å²) in [5, 5.41) is 9.50. The number of H-pyrrole nitrogens is 1. The molecule has 0 saturated heterocycles. The molecule has 2 heterocycles. The van der Waals surface area contributed by atoms with Crippen molar-refractivity contribution in [2.45, 2.75) is 37.0 Å². The van der Waals surface area contributed by atoms with Gasteiger partial charge < -0.3 is 9.88 Å². The van der Waals surface area contributed by atoms with E-state index in [0.717, 1.165) is 29.7 Å². The fraction of sp³-hybridized carbons (Fsp3) is 0.588. The molecule has 0 unspecified atom stereocenters. The van der Waals surface area contributed by atoms with Gasteiger partial charge in [-0.2, -0.15) is 5.26 Å². The molecule has 2 aliphatic carbocycles. The smallest absolute Gasteiger partial charge is 0.153 e. The third-order valence-corrected chi connectivity index (χ3v) is 8.02. The molecule has 1 N–H and O–H groups in total. The SMILES string of the molecule is CN(c1ncnc2[nH]ccc12)[C@H]1C[C@@H](CS(=O)(=O)[C@H]2C[C@H](C#N)C2)C1. The summed E-state index contributed by atoms with van der Waals surface area (Å²) < 4.78 is 24.8. The summed E-state index contributed by atoms with van der Waals surface area (Å²) in [6, 6.07) is 4.42. The number of anilines is 1. The molecule has 2 aromatic heterocycles. The van der Waals surface area contributed by atoms with Gasteiger partial charge in [-0.25, -0.2) is 18.4 Å². The zero-order valence-corrected chi connectivity index (χ0v) is 14.9. The van der Waals surface area contributed by atoms with E-state index >= 15 is 0 Å². The summed E-state index contributed by atoms with van der Waals surface area (Å²) in [4.78, 5) is 13.8. The van der Waals surface area contributed by atoms with Crippen molar-refractivity contribution in [1.82, 2.24) is 15.0 Å². The lowest BCUT2D eigenvalue weighted by Gasteiger charge is -2.42. The van der Waals surface area contributed by atoms with Crippen LogP contribution in [0.15, 0.2) is 18.6 Å². The van der Waals surface area contributed by atoms with E-state index in [9.17, 15) is 8.42 Å². The number of aromatic amines is 1. The zero-order valence-electron chi connectivity index (χ0n) is 14.1. The minimum absolute atomic E-state index is 0.0680. The molecule has 0 aromatic carbocycles. The van der Waals surface area contributed by atoms with Crippen LogP contribution >= 0.6 is 0 Å². The van der Waals surface area contributed by atoms with Crippen molar-refractivity contribution in [1.29, 1.82) is 5.26 Å². The quantitative estimate of drug-likeness (QED) is 0.874. The maximum atomic E-state index is 12.4. The fourth-order valence-corrected chi connectivity index (χ4v) is 6.15. The molecule has 4 rings (SSSR count). The van der Waals surface area contributed by atoms with Gasteiger partial charge >= 0.3 is 0 Å². The maximum absolute atomic E-state index is 12.4. The first-order valence-electron chi connectivity index (χ1n) is 8.60. The first-order chi connectivity index (χ1) is 12.0. The van der Waals surface area contributed by atoms with E-state index in [1.165, 1.54) is 0 Å². The molecule has 2 aliphatic rings. The Morgan fingerprint density at radius 2 is 2.08 bits per heavy atom. The van der Waals surface area contributed by atoms with Gasteiger partial charge in [0.1, 0.15) is 17.8 Å². The van der Waals surface area contributed by atoms with Crippen molar-refractivity contribution < 1.29 is 8.42 Å². The number of nitrogens with zero attached hydrogens (tertiary/aromatic N) is 4. The summed E-state index contributed by atoms with van der Waals surface area (Å²) in [5.41, 5.74) is 0.812. The first kappa shape index (κ1) is 16.3. The van der Waals surface area contributed by atoms with Gasteiger partial charge in [-0.3, -0.25) is 0 Å². The summed E-state index contributed by atoms with van der Waals surface area (Å²) in [7, 11) is -1.06. The second-order valence-electron chi connectivity index (χ2n) is 7.29. The Kier molecular flexibility index (Phi) is 3.91. The maximum Gasteiger partial charge on any atom is 0.153 e. The average molecular weight is 359 g/mol. The Morgan fingerprint density at radius 3 is 2.80 bits per heavy atom. The predicted molar refractivity (Wildman–Crippen MR) is 94.7 cm³/mol. The number of nitriles is 1. The number of rotatable bonds is 5. The minimum atomic E-state index is -3.07. The van der Waals surface area contributed by atoms with Crippen LogP contribution in [0.2, 0.25) is 0 Å². The Morgan fingerprint density at radius 1 is 1.32 bits per heavy atom. The predicted octanol–water partition coefficient (Wildman–Crippen LogP) is 1.89. The highest BCUT2D eigenvalue weighted by atomic mass is 32.2. The highest BCUT2D eigenvalue weighted by molar-refractivity contribution is 7.92. The van der Waals surface area contributed by atoms with Crippen LogP contribution in [-0.2, 0) is 9.84 Å². The van der Waals surface area contributed by atoms with Crippen LogP contribution in [0.3, 0.4) is 0 Å². The van der Waals surface area contributed by atoms with Gasteiger partial charge in [0.25, 0.3) is 0 Å². The molecule has 0 spiro atoms. The number of sulfone groups is 1. The van der Waals surface area contributed by atoms with Crippen LogP contribution in [-0.4, -0.2) is 47.5 Å². The molecule has 2 saturated carbocycles. The van der Waals surface area contributed by atoms with E-state index in [-0.39, 0.29) is 22.8 Å². The number of fused-ring (bicyclic) bond motifs is 1. The molecule has 0 aliphatic heterocycles. The van der Waals surface area contributed by atoms with Gasteiger partial charge in [-0.1, -0.05) is 0 Å². The van der Waals surface area contributed by atoms with E-state index in [1.807, 2.05) is 19.3 Å². The van der Waals surface area contributed by atoms with Gasteiger partial charge in [0.2, 0.25) is 0 Å². The molecule has 8 heteroatoms. The van der Waals surface area contributed by atoms with Crippen molar-refractivity contribution in [2.24, 2.45) is 11.8 Å². The lowest BCUT2D eigenvalue weighted by Crippen LogP contribution is -2.47. The first-order valence-corrected chi connectivity index (χ1v) is 10.3. The molecule has 0 bridgehead atoms. The fourth-order valence-electron chi connectivity index (χ4n) is 3.89. The van der Waals surface area contributed by atoms with Crippen LogP contribution in [0.1, 0.15) is 25.7 Å². The number of nitrogens with one attached hydrogen (secondary N) is 1. The molecular weight excluding hydrogens is 338 g/mol. The molecule has 2 fully saturated rings. The van der Waals surface area contributed by atoms with E-state index in [1.54, 1.807) is 6.33 Å². The van der Waals surface area contributed by atoms with Gasteiger partial charge in [-0.05, 0) is 37.7 Å². The van der Waals surface area contributed by atoms with Crippen LogP contribution in [0.25, 0.3) is 11.0 Å².